The summed E-state index contributed by atoms with van der Waals surface area (Å²) < 4.78 is 6.67. The highest BCUT2D eigenvalue weighted by atomic mass is 16.3. The highest BCUT2D eigenvalue weighted by Gasteiger charge is 2.20. The monoisotopic (exact) mass is 717 g/mol. The Morgan fingerprint density at radius 3 is 1.45 bits per heavy atom. The fourth-order valence-corrected chi connectivity index (χ4v) is 7.51. The van der Waals surface area contributed by atoms with Crippen molar-refractivity contribution in [1.82, 2.24) is 9.97 Å². The summed E-state index contributed by atoms with van der Waals surface area (Å²) in [6.45, 7) is 0. The minimum Gasteiger partial charge on any atom is -0.456 e. The van der Waals surface area contributed by atoms with E-state index in [0.717, 1.165) is 72.6 Å². The molecule has 0 radical (unpaired) electrons. The van der Waals surface area contributed by atoms with E-state index in [1.165, 1.54) is 16.7 Å². The van der Waals surface area contributed by atoms with E-state index in [9.17, 15) is 0 Å². The van der Waals surface area contributed by atoms with Crippen LogP contribution in [0.1, 0.15) is 0 Å². The van der Waals surface area contributed by atoms with Crippen LogP contribution in [-0.2, 0) is 0 Å². The van der Waals surface area contributed by atoms with Crippen molar-refractivity contribution in [1.29, 1.82) is 0 Å². The van der Waals surface area contributed by atoms with Crippen LogP contribution in [-0.4, -0.2) is 9.97 Å². The van der Waals surface area contributed by atoms with E-state index >= 15 is 0 Å². The normalized spacial score (nSPS) is 11.2. The van der Waals surface area contributed by atoms with Gasteiger partial charge in [0.05, 0.1) is 22.5 Å². The SMILES string of the molecule is c1ccc(-c2ccc(-c3cc(-c4ccc5c(c4)oc4cccc(N(c6ccccc6)c6ccc(-c7ccccc7)cc6)c45)nc(-c4ccccc4)n3)cc2)cc1. The fraction of sp³-hybridized carbons (Fsp3) is 0. The number of fused-ring (bicyclic) bond motifs is 3. The quantitative estimate of drug-likeness (QED) is 0.157. The molecule has 0 N–H and O–H groups in total. The first-order valence-electron chi connectivity index (χ1n) is 18.8. The van der Waals surface area contributed by atoms with Crippen molar-refractivity contribution in [3.63, 3.8) is 0 Å². The van der Waals surface area contributed by atoms with E-state index in [0.29, 0.717) is 5.82 Å². The van der Waals surface area contributed by atoms with Crippen molar-refractivity contribution in [3.8, 4) is 56.2 Å². The maximum absolute atomic E-state index is 6.67. The Bertz CT molecular complexity index is 2920. The Hall–Kier alpha value is -7.56. The Labute approximate surface area is 325 Å². The summed E-state index contributed by atoms with van der Waals surface area (Å²) >= 11 is 0. The van der Waals surface area contributed by atoms with Crippen molar-refractivity contribution in [2.75, 3.05) is 4.90 Å². The average molecular weight is 718 g/mol. The van der Waals surface area contributed by atoms with Gasteiger partial charge in [-0.2, -0.15) is 0 Å². The molecule has 10 aromatic rings. The molecular weight excluding hydrogens is 683 g/mol. The van der Waals surface area contributed by atoms with Crippen LogP contribution in [0.4, 0.5) is 17.1 Å². The van der Waals surface area contributed by atoms with E-state index in [4.69, 9.17) is 14.4 Å². The van der Waals surface area contributed by atoms with Crippen LogP contribution in [0, 0.1) is 0 Å². The Morgan fingerprint density at radius 2 is 0.821 bits per heavy atom. The van der Waals surface area contributed by atoms with Gasteiger partial charge in [-0.15, -0.1) is 0 Å². The summed E-state index contributed by atoms with van der Waals surface area (Å²) in [5.41, 5.74) is 14.1. The van der Waals surface area contributed by atoms with E-state index in [1.807, 2.05) is 30.3 Å². The van der Waals surface area contributed by atoms with E-state index in [-0.39, 0.29) is 0 Å². The third kappa shape index (κ3) is 6.29. The third-order valence-electron chi connectivity index (χ3n) is 10.3. The third-order valence-corrected chi connectivity index (χ3v) is 10.3. The minimum absolute atomic E-state index is 0.675. The number of nitrogens with zero attached hydrogens (tertiary/aromatic N) is 3. The van der Waals surface area contributed by atoms with E-state index in [1.54, 1.807) is 0 Å². The molecule has 0 aliphatic heterocycles. The second-order valence-corrected chi connectivity index (χ2v) is 13.8. The zero-order valence-corrected chi connectivity index (χ0v) is 30.5. The molecule has 0 saturated heterocycles. The highest BCUT2D eigenvalue weighted by molar-refractivity contribution is 6.14. The number of aromatic nitrogens is 2. The van der Waals surface area contributed by atoms with Crippen LogP contribution in [0.5, 0.6) is 0 Å². The number of anilines is 3. The van der Waals surface area contributed by atoms with Crippen LogP contribution in [0.25, 0.3) is 78.1 Å². The van der Waals surface area contributed by atoms with Gasteiger partial charge in [0.2, 0.25) is 0 Å². The lowest BCUT2D eigenvalue weighted by atomic mass is 10.0. The smallest absolute Gasteiger partial charge is 0.160 e. The first-order chi connectivity index (χ1) is 27.7. The number of hydrogen-bond donors (Lipinski definition) is 0. The summed E-state index contributed by atoms with van der Waals surface area (Å²) in [7, 11) is 0. The number of para-hydroxylation sites is 1. The van der Waals surface area contributed by atoms with Crippen molar-refractivity contribution >= 4 is 39.0 Å². The molecule has 0 bridgehead atoms. The number of benzene rings is 8. The van der Waals surface area contributed by atoms with Crippen LogP contribution < -0.4 is 4.90 Å². The Kier molecular flexibility index (Phi) is 8.47. The number of rotatable bonds is 8. The lowest BCUT2D eigenvalue weighted by Crippen LogP contribution is -2.10. The van der Waals surface area contributed by atoms with Crippen molar-refractivity contribution < 1.29 is 4.42 Å². The van der Waals surface area contributed by atoms with Gasteiger partial charge in [0.1, 0.15) is 11.2 Å². The largest absolute Gasteiger partial charge is 0.456 e. The second-order valence-electron chi connectivity index (χ2n) is 13.8. The van der Waals surface area contributed by atoms with Crippen LogP contribution in [0.3, 0.4) is 0 Å². The van der Waals surface area contributed by atoms with Gasteiger partial charge in [0, 0.05) is 33.5 Å². The van der Waals surface area contributed by atoms with Gasteiger partial charge in [0.25, 0.3) is 0 Å². The van der Waals surface area contributed by atoms with Gasteiger partial charge < -0.3 is 9.32 Å². The van der Waals surface area contributed by atoms with Gasteiger partial charge in [-0.05, 0) is 76.9 Å². The molecule has 0 fully saturated rings. The van der Waals surface area contributed by atoms with Crippen LogP contribution >= 0.6 is 0 Å². The number of hydrogen-bond acceptors (Lipinski definition) is 4. The maximum Gasteiger partial charge on any atom is 0.160 e. The first kappa shape index (κ1) is 33.0. The van der Waals surface area contributed by atoms with Gasteiger partial charge in [-0.25, -0.2) is 9.97 Å². The molecule has 0 saturated carbocycles. The molecule has 8 aromatic carbocycles. The summed E-state index contributed by atoms with van der Waals surface area (Å²) in [5, 5.41) is 2.09. The Morgan fingerprint density at radius 1 is 0.339 bits per heavy atom. The van der Waals surface area contributed by atoms with Crippen molar-refractivity contribution in [2.45, 2.75) is 0 Å². The van der Waals surface area contributed by atoms with Crippen molar-refractivity contribution in [3.05, 3.63) is 212 Å². The summed E-state index contributed by atoms with van der Waals surface area (Å²) in [5.74, 6) is 0.675. The van der Waals surface area contributed by atoms with Crippen molar-refractivity contribution in [2.24, 2.45) is 0 Å². The predicted molar refractivity (Wildman–Crippen MR) is 231 cm³/mol. The molecule has 2 heterocycles. The first-order valence-corrected chi connectivity index (χ1v) is 18.8. The van der Waals surface area contributed by atoms with E-state index < -0.39 is 0 Å². The lowest BCUT2D eigenvalue weighted by Gasteiger charge is -2.26. The molecule has 56 heavy (non-hydrogen) atoms. The molecule has 264 valence electrons. The maximum atomic E-state index is 6.67. The van der Waals surface area contributed by atoms with E-state index in [2.05, 4.69) is 187 Å². The molecule has 0 aliphatic rings. The molecule has 0 amide bonds. The molecule has 4 heteroatoms. The molecule has 2 aromatic heterocycles. The summed E-state index contributed by atoms with van der Waals surface area (Å²) in [6.07, 6.45) is 0. The van der Waals surface area contributed by atoms with Crippen LogP contribution in [0.2, 0.25) is 0 Å². The Balaban J connectivity index is 1.08. The molecular formula is C52H35N3O. The molecule has 0 aliphatic carbocycles. The molecule has 4 nitrogen and oxygen atoms in total. The van der Waals surface area contributed by atoms with Gasteiger partial charge in [-0.1, -0.05) is 158 Å². The zero-order valence-electron chi connectivity index (χ0n) is 30.5. The predicted octanol–water partition coefficient (Wildman–Crippen LogP) is 14.2. The lowest BCUT2D eigenvalue weighted by molar-refractivity contribution is 0.669. The average Bonchev–Trinajstić information content (AvgIpc) is 3.67. The number of furan rings is 1. The second kappa shape index (κ2) is 14.3. The van der Waals surface area contributed by atoms with Gasteiger partial charge >= 0.3 is 0 Å². The van der Waals surface area contributed by atoms with Gasteiger partial charge in [0.15, 0.2) is 5.82 Å². The zero-order chi connectivity index (χ0) is 37.3. The topological polar surface area (TPSA) is 42.2 Å². The summed E-state index contributed by atoms with van der Waals surface area (Å²) in [6, 6.07) is 73.8. The molecule has 10 rings (SSSR count). The van der Waals surface area contributed by atoms with Gasteiger partial charge in [-0.3, -0.25) is 0 Å². The van der Waals surface area contributed by atoms with Crippen LogP contribution in [0.15, 0.2) is 217 Å². The molecule has 0 spiro atoms. The fourth-order valence-electron chi connectivity index (χ4n) is 7.51. The summed E-state index contributed by atoms with van der Waals surface area (Å²) in [4.78, 5) is 12.5. The molecule has 0 atom stereocenters. The molecule has 0 unspecified atom stereocenters. The minimum atomic E-state index is 0.675. The standard InChI is InChI=1S/C52H35N3O/c1-5-14-36(15-6-1)38-24-26-40(27-25-38)46-35-47(54-52(53-46)41-18-9-3-10-19-41)42-30-33-45-50(34-42)56-49-23-13-22-48(51(45)49)55(43-20-11-4-12-21-43)44-31-28-39(29-32-44)37-16-7-2-8-17-37/h1-35H. The highest BCUT2D eigenvalue weighted by Crippen LogP contribution is 2.44.